The molecular weight excluding hydrogens is 352 g/mol. The average Bonchev–Trinajstić information content (AvgIpc) is 3.52. The van der Waals surface area contributed by atoms with E-state index in [1.54, 1.807) is 12.4 Å². The smallest absolute Gasteiger partial charge is 0.274 e. The first-order chi connectivity index (χ1) is 13.8. The first-order valence-electron chi connectivity index (χ1n) is 9.76. The molecule has 1 saturated carbocycles. The lowest BCUT2D eigenvalue weighted by atomic mass is 10.2. The molecule has 0 radical (unpaired) electrons. The van der Waals surface area contributed by atoms with E-state index < -0.39 is 0 Å². The number of hydrogen-bond donors (Lipinski definition) is 0. The van der Waals surface area contributed by atoms with Gasteiger partial charge < -0.3 is 9.80 Å². The van der Waals surface area contributed by atoms with Gasteiger partial charge in [-0.1, -0.05) is 18.2 Å². The fourth-order valence-corrected chi connectivity index (χ4v) is 3.67. The highest BCUT2D eigenvalue weighted by molar-refractivity contribution is 5.92. The van der Waals surface area contributed by atoms with Crippen LogP contribution in [0.15, 0.2) is 54.9 Å². The maximum absolute atomic E-state index is 13.1. The van der Waals surface area contributed by atoms with Crippen LogP contribution in [0, 0.1) is 0 Å². The number of rotatable bonds is 4. The van der Waals surface area contributed by atoms with Crippen molar-refractivity contribution in [2.45, 2.75) is 18.8 Å². The largest absolute Gasteiger partial charge is 0.337 e. The van der Waals surface area contributed by atoms with Gasteiger partial charge in [0, 0.05) is 50.2 Å². The Labute approximate surface area is 163 Å². The van der Waals surface area contributed by atoms with Gasteiger partial charge in [0.1, 0.15) is 0 Å². The Kier molecular flexibility index (Phi) is 4.27. The van der Waals surface area contributed by atoms with Gasteiger partial charge >= 0.3 is 0 Å². The monoisotopic (exact) mass is 374 g/mol. The number of anilines is 1. The van der Waals surface area contributed by atoms with E-state index in [0.717, 1.165) is 30.4 Å². The molecule has 0 unspecified atom stereocenters. The van der Waals surface area contributed by atoms with Crippen LogP contribution in [0.2, 0.25) is 0 Å². The lowest BCUT2D eigenvalue weighted by Crippen LogP contribution is -2.49. The van der Waals surface area contributed by atoms with Gasteiger partial charge in [0.25, 0.3) is 5.91 Å². The summed E-state index contributed by atoms with van der Waals surface area (Å²) in [5, 5.41) is 4.68. The summed E-state index contributed by atoms with van der Waals surface area (Å²) in [6.45, 7) is 2.75. The van der Waals surface area contributed by atoms with E-state index in [2.05, 4.69) is 20.0 Å². The van der Waals surface area contributed by atoms with Crippen molar-refractivity contribution in [1.82, 2.24) is 24.6 Å². The third-order valence-electron chi connectivity index (χ3n) is 5.35. The molecule has 1 aliphatic heterocycles. The van der Waals surface area contributed by atoms with Gasteiger partial charge in [-0.15, -0.1) is 0 Å². The third kappa shape index (κ3) is 3.24. The second-order valence-corrected chi connectivity index (χ2v) is 7.30. The number of carbonyl (C=O) groups is 1. The Morgan fingerprint density at radius 3 is 2.32 bits per heavy atom. The molecule has 1 saturated heterocycles. The van der Waals surface area contributed by atoms with E-state index >= 15 is 0 Å². The number of aromatic nitrogens is 4. The van der Waals surface area contributed by atoms with Crippen molar-refractivity contribution in [2.75, 3.05) is 31.1 Å². The molecule has 0 atom stereocenters. The van der Waals surface area contributed by atoms with Crippen molar-refractivity contribution >= 4 is 11.9 Å². The molecule has 7 nitrogen and oxygen atoms in total. The molecule has 142 valence electrons. The van der Waals surface area contributed by atoms with Gasteiger partial charge in [-0.2, -0.15) is 5.10 Å². The molecule has 0 N–H and O–H groups in total. The lowest BCUT2D eigenvalue weighted by Gasteiger charge is -2.34. The highest BCUT2D eigenvalue weighted by Crippen LogP contribution is 2.41. The molecule has 3 heterocycles. The minimum Gasteiger partial charge on any atom is -0.337 e. The minimum absolute atomic E-state index is 0.00483. The number of hydrogen-bond acceptors (Lipinski definition) is 5. The molecule has 1 aromatic carbocycles. The summed E-state index contributed by atoms with van der Waals surface area (Å²) in [6.07, 6.45) is 5.83. The number of para-hydroxylation sites is 1. The van der Waals surface area contributed by atoms with E-state index in [-0.39, 0.29) is 5.91 Å². The van der Waals surface area contributed by atoms with Gasteiger partial charge in [-0.25, -0.2) is 14.6 Å². The standard InChI is InChI=1S/C21H22N6O/c28-20(25-11-13-26(14-12-25)21-22-9-4-10-23-21)18-15-19(16-7-8-16)27(24-18)17-5-2-1-3-6-17/h1-6,9-10,15-16H,7-8,11-14H2. The lowest BCUT2D eigenvalue weighted by molar-refractivity contribution is 0.0740. The quantitative estimate of drug-likeness (QED) is 0.702. The predicted octanol–water partition coefficient (Wildman–Crippen LogP) is 2.50. The van der Waals surface area contributed by atoms with E-state index in [4.69, 9.17) is 0 Å². The van der Waals surface area contributed by atoms with Gasteiger partial charge in [0.15, 0.2) is 5.69 Å². The van der Waals surface area contributed by atoms with Gasteiger partial charge in [-0.3, -0.25) is 4.79 Å². The van der Waals surface area contributed by atoms with E-state index in [9.17, 15) is 4.79 Å². The Balaban J connectivity index is 1.34. The second-order valence-electron chi connectivity index (χ2n) is 7.30. The minimum atomic E-state index is 0.00483. The number of carbonyl (C=O) groups excluding carboxylic acids is 1. The SMILES string of the molecule is O=C(c1cc(C2CC2)n(-c2ccccc2)n1)N1CCN(c2ncccn2)CC1. The molecule has 3 aromatic rings. The van der Waals surface area contributed by atoms with Crippen molar-refractivity contribution in [3.8, 4) is 5.69 Å². The molecule has 1 amide bonds. The third-order valence-corrected chi connectivity index (χ3v) is 5.35. The van der Waals surface area contributed by atoms with Gasteiger partial charge in [-0.05, 0) is 37.1 Å². The highest BCUT2D eigenvalue weighted by atomic mass is 16.2. The molecule has 5 rings (SSSR count). The zero-order chi connectivity index (χ0) is 18.9. The summed E-state index contributed by atoms with van der Waals surface area (Å²) < 4.78 is 1.94. The van der Waals surface area contributed by atoms with Crippen LogP contribution in [0.3, 0.4) is 0 Å². The normalized spacial score (nSPS) is 17.0. The van der Waals surface area contributed by atoms with Crippen LogP contribution in [-0.2, 0) is 0 Å². The summed E-state index contributed by atoms with van der Waals surface area (Å²) in [6, 6.07) is 13.9. The summed E-state index contributed by atoms with van der Waals surface area (Å²) in [5.41, 5.74) is 2.69. The summed E-state index contributed by atoms with van der Waals surface area (Å²) in [7, 11) is 0. The fraction of sp³-hybridized carbons (Fsp3) is 0.333. The summed E-state index contributed by atoms with van der Waals surface area (Å²) in [4.78, 5) is 25.7. The fourth-order valence-electron chi connectivity index (χ4n) is 3.67. The van der Waals surface area contributed by atoms with Gasteiger partial charge in [0.2, 0.25) is 5.95 Å². The maximum atomic E-state index is 13.1. The number of nitrogens with zero attached hydrogens (tertiary/aromatic N) is 6. The Bertz CT molecular complexity index is 959. The molecule has 2 aromatic heterocycles. The van der Waals surface area contributed by atoms with Crippen LogP contribution >= 0.6 is 0 Å². The van der Waals surface area contributed by atoms with Crippen molar-refractivity contribution in [1.29, 1.82) is 0 Å². The topological polar surface area (TPSA) is 67.2 Å². The molecular formula is C21H22N6O. The second kappa shape index (κ2) is 7.07. The van der Waals surface area contributed by atoms with Crippen molar-refractivity contribution in [2.24, 2.45) is 0 Å². The van der Waals surface area contributed by atoms with Crippen LogP contribution in [0.1, 0.15) is 34.9 Å². The Morgan fingerprint density at radius 2 is 1.64 bits per heavy atom. The first-order valence-corrected chi connectivity index (χ1v) is 9.76. The van der Waals surface area contributed by atoms with E-state index in [1.807, 2.05) is 52.0 Å². The number of amides is 1. The zero-order valence-corrected chi connectivity index (χ0v) is 15.6. The highest BCUT2D eigenvalue weighted by Gasteiger charge is 2.31. The van der Waals surface area contributed by atoms with Crippen molar-refractivity contribution in [3.05, 3.63) is 66.2 Å². The van der Waals surface area contributed by atoms with Crippen LogP contribution < -0.4 is 4.90 Å². The maximum Gasteiger partial charge on any atom is 0.274 e. The van der Waals surface area contributed by atoms with Crippen molar-refractivity contribution < 1.29 is 4.79 Å². The molecule has 2 fully saturated rings. The summed E-state index contributed by atoms with van der Waals surface area (Å²) in [5.74, 6) is 1.24. The van der Waals surface area contributed by atoms with Crippen LogP contribution in [0.5, 0.6) is 0 Å². The number of benzene rings is 1. The number of piperazine rings is 1. The first kappa shape index (κ1) is 16.9. The van der Waals surface area contributed by atoms with Crippen LogP contribution in [0.4, 0.5) is 5.95 Å². The molecule has 28 heavy (non-hydrogen) atoms. The molecule has 0 bridgehead atoms. The summed E-state index contributed by atoms with van der Waals surface area (Å²) >= 11 is 0. The molecule has 2 aliphatic rings. The zero-order valence-electron chi connectivity index (χ0n) is 15.6. The molecule has 1 aliphatic carbocycles. The molecule has 0 spiro atoms. The molecule has 7 heteroatoms. The van der Waals surface area contributed by atoms with Crippen LogP contribution in [-0.4, -0.2) is 56.7 Å². The predicted molar refractivity (Wildman–Crippen MR) is 106 cm³/mol. The van der Waals surface area contributed by atoms with Crippen molar-refractivity contribution in [3.63, 3.8) is 0 Å². The Morgan fingerprint density at radius 1 is 0.929 bits per heavy atom. The van der Waals surface area contributed by atoms with E-state index in [0.29, 0.717) is 24.7 Å². The van der Waals surface area contributed by atoms with Gasteiger partial charge in [0.05, 0.1) is 5.69 Å². The average molecular weight is 374 g/mol. The Hall–Kier alpha value is -3.22. The van der Waals surface area contributed by atoms with E-state index in [1.165, 1.54) is 12.8 Å². The van der Waals surface area contributed by atoms with Crippen LogP contribution in [0.25, 0.3) is 5.69 Å².